The van der Waals surface area contributed by atoms with Gasteiger partial charge in [-0.3, -0.25) is 4.79 Å². The maximum atomic E-state index is 11.9. The number of carbonyl (C=O) groups excluding carboxylic acids is 1. The molecule has 2 aromatic carbocycles. The van der Waals surface area contributed by atoms with E-state index >= 15 is 0 Å². The smallest absolute Gasteiger partial charge is 0.335 e. The van der Waals surface area contributed by atoms with E-state index in [1.54, 1.807) is 18.2 Å². The van der Waals surface area contributed by atoms with E-state index in [-0.39, 0.29) is 17.7 Å². The van der Waals surface area contributed by atoms with Crippen LogP contribution in [0.1, 0.15) is 33.8 Å². The van der Waals surface area contributed by atoms with Gasteiger partial charge in [0, 0.05) is 11.5 Å². The van der Waals surface area contributed by atoms with Crippen LogP contribution in [0, 0.1) is 0 Å². The van der Waals surface area contributed by atoms with Crippen LogP contribution < -0.4 is 0 Å². The van der Waals surface area contributed by atoms with Crippen molar-refractivity contribution in [3.05, 3.63) is 53.1 Å². The summed E-state index contributed by atoms with van der Waals surface area (Å²) in [6, 6.07) is 9.32. The largest absolute Gasteiger partial charge is 0.508 e. The third-order valence-electron chi connectivity index (χ3n) is 3.95. The molecule has 0 radical (unpaired) electrons. The second-order valence-corrected chi connectivity index (χ2v) is 5.92. The molecule has 0 saturated heterocycles. The Hall–Kier alpha value is -3.00. The van der Waals surface area contributed by atoms with Gasteiger partial charge < -0.3 is 14.9 Å². The number of phenols is 1. The monoisotopic (exact) mass is 358 g/mol. The molecule has 0 bridgehead atoms. The van der Waals surface area contributed by atoms with Gasteiger partial charge in [0.1, 0.15) is 16.8 Å². The zero-order valence-corrected chi connectivity index (χ0v) is 14.0. The number of phenolic OH excluding ortho intramolecular Hbond substituents is 1. The lowest BCUT2D eigenvalue weighted by Crippen LogP contribution is -2.11. The quantitative estimate of drug-likeness (QED) is 0.675. The minimum atomic E-state index is -1.04. The molecule has 128 valence electrons. The molecule has 8 heteroatoms. The molecular weight excluding hydrogens is 344 g/mol. The Morgan fingerprint density at radius 3 is 2.52 bits per heavy atom. The molecular formula is C17H14N2O5S. The molecule has 3 aromatic rings. The highest BCUT2D eigenvalue weighted by atomic mass is 32.1. The van der Waals surface area contributed by atoms with Crippen LogP contribution in [0.2, 0.25) is 0 Å². The van der Waals surface area contributed by atoms with E-state index in [0.29, 0.717) is 22.2 Å². The van der Waals surface area contributed by atoms with Gasteiger partial charge in [0.15, 0.2) is 0 Å². The molecule has 0 spiro atoms. The van der Waals surface area contributed by atoms with Crippen LogP contribution in [0.15, 0.2) is 36.4 Å². The number of rotatable bonds is 5. The topological polar surface area (TPSA) is 110 Å². The van der Waals surface area contributed by atoms with Gasteiger partial charge >= 0.3 is 11.9 Å². The van der Waals surface area contributed by atoms with E-state index in [1.807, 2.05) is 0 Å². The molecule has 0 aliphatic rings. The summed E-state index contributed by atoms with van der Waals surface area (Å²) in [4.78, 5) is 22.9. The Labute approximate surface area is 146 Å². The summed E-state index contributed by atoms with van der Waals surface area (Å²) in [5.41, 5.74) is 2.42. The summed E-state index contributed by atoms with van der Waals surface area (Å²) in [6.45, 7) is 0. The number of carboxylic acid groups (broad SMARTS) is 1. The highest BCUT2D eigenvalue weighted by Crippen LogP contribution is 2.38. The number of nitrogens with zero attached hydrogens (tertiary/aromatic N) is 2. The molecule has 7 nitrogen and oxygen atoms in total. The third kappa shape index (κ3) is 3.29. The number of hydrogen-bond donors (Lipinski definition) is 2. The molecule has 0 saturated carbocycles. The zero-order chi connectivity index (χ0) is 18.0. The van der Waals surface area contributed by atoms with Gasteiger partial charge in [-0.25, -0.2) is 4.79 Å². The third-order valence-corrected chi connectivity index (χ3v) is 4.49. The number of aromatic nitrogens is 2. The predicted molar refractivity (Wildman–Crippen MR) is 91.0 cm³/mol. The summed E-state index contributed by atoms with van der Waals surface area (Å²) < 4.78 is 13.2. The van der Waals surface area contributed by atoms with Gasteiger partial charge in [-0.05, 0) is 29.8 Å². The van der Waals surface area contributed by atoms with Gasteiger partial charge in [0.05, 0.1) is 30.8 Å². The molecule has 0 fully saturated rings. The van der Waals surface area contributed by atoms with Crippen LogP contribution >= 0.6 is 11.7 Å². The zero-order valence-electron chi connectivity index (χ0n) is 13.2. The number of carboxylic acids is 1. The van der Waals surface area contributed by atoms with Crippen molar-refractivity contribution in [1.82, 2.24) is 8.75 Å². The number of carbonyl (C=O) groups is 2. The Morgan fingerprint density at radius 1 is 1.16 bits per heavy atom. The average molecular weight is 358 g/mol. The van der Waals surface area contributed by atoms with Crippen molar-refractivity contribution in [3.63, 3.8) is 0 Å². The first kappa shape index (κ1) is 16.8. The van der Waals surface area contributed by atoms with Gasteiger partial charge in [0.25, 0.3) is 0 Å². The van der Waals surface area contributed by atoms with Crippen molar-refractivity contribution in [2.75, 3.05) is 7.11 Å². The van der Waals surface area contributed by atoms with Gasteiger partial charge in [-0.1, -0.05) is 12.1 Å². The van der Waals surface area contributed by atoms with E-state index in [1.165, 1.54) is 25.3 Å². The molecule has 25 heavy (non-hydrogen) atoms. The molecule has 1 aromatic heterocycles. The SMILES string of the molecule is COC(=O)CC(c1ccc(C(=O)O)cc1)c1c(O)ccc2nsnc12. The first-order valence-electron chi connectivity index (χ1n) is 7.35. The van der Waals surface area contributed by atoms with Crippen molar-refractivity contribution in [3.8, 4) is 5.75 Å². The first-order valence-corrected chi connectivity index (χ1v) is 8.08. The lowest BCUT2D eigenvalue weighted by atomic mass is 9.86. The lowest BCUT2D eigenvalue weighted by Gasteiger charge is -2.18. The molecule has 1 heterocycles. The number of fused-ring (bicyclic) bond motifs is 1. The van der Waals surface area contributed by atoms with Crippen LogP contribution in [0.5, 0.6) is 5.75 Å². The van der Waals surface area contributed by atoms with Gasteiger partial charge in [-0.2, -0.15) is 8.75 Å². The fraction of sp³-hybridized carbons (Fsp3) is 0.176. The highest BCUT2D eigenvalue weighted by molar-refractivity contribution is 7.00. The van der Waals surface area contributed by atoms with Gasteiger partial charge in [0.2, 0.25) is 0 Å². The highest BCUT2D eigenvalue weighted by Gasteiger charge is 2.25. The van der Waals surface area contributed by atoms with Crippen LogP contribution in [0.3, 0.4) is 0 Å². The molecule has 1 unspecified atom stereocenters. The summed E-state index contributed by atoms with van der Waals surface area (Å²) in [7, 11) is 1.29. The minimum absolute atomic E-state index is 0.00332. The van der Waals surface area contributed by atoms with E-state index in [4.69, 9.17) is 9.84 Å². The number of ether oxygens (including phenoxy) is 1. The molecule has 0 amide bonds. The first-order chi connectivity index (χ1) is 12.0. The average Bonchev–Trinajstić information content (AvgIpc) is 3.08. The summed E-state index contributed by atoms with van der Waals surface area (Å²) in [6.07, 6.45) is -0.0207. The van der Waals surface area contributed by atoms with Crippen LogP contribution in [0.25, 0.3) is 11.0 Å². The van der Waals surface area contributed by atoms with Crippen LogP contribution in [0.4, 0.5) is 0 Å². The van der Waals surface area contributed by atoms with E-state index in [9.17, 15) is 14.7 Å². The summed E-state index contributed by atoms with van der Waals surface area (Å²) in [5, 5.41) is 19.4. The summed E-state index contributed by atoms with van der Waals surface area (Å²) in [5.74, 6) is -2.03. The molecule has 0 aliphatic heterocycles. The Morgan fingerprint density at radius 2 is 1.88 bits per heavy atom. The van der Waals surface area contributed by atoms with Crippen molar-refractivity contribution in [2.24, 2.45) is 0 Å². The second kappa shape index (κ2) is 6.86. The predicted octanol–water partition coefficient (Wildman–Crippen LogP) is 2.79. The van der Waals surface area contributed by atoms with Crippen molar-refractivity contribution >= 4 is 34.7 Å². The number of benzene rings is 2. The molecule has 0 aliphatic carbocycles. The number of hydrogen-bond acceptors (Lipinski definition) is 7. The number of methoxy groups -OCH3 is 1. The van der Waals surface area contributed by atoms with E-state index < -0.39 is 17.9 Å². The minimum Gasteiger partial charge on any atom is -0.508 e. The van der Waals surface area contributed by atoms with Crippen LogP contribution in [-0.2, 0) is 9.53 Å². The van der Waals surface area contributed by atoms with Crippen molar-refractivity contribution in [1.29, 1.82) is 0 Å². The summed E-state index contributed by atoms with van der Waals surface area (Å²) >= 11 is 1.01. The molecule has 2 N–H and O–H groups in total. The number of esters is 1. The standard InChI is InChI=1S/C17H14N2O5S/c1-24-14(21)8-11(9-2-4-10(5-3-9)17(22)23)15-13(20)7-6-12-16(15)19-25-18-12/h2-7,11,20H,8H2,1H3,(H,22,23). The molecule has 1 atom stereocenters. The van der Waals surface area contributed by atoms with E-state index in [0.717, 1.165) is 11.7 Å². The fourth-order valence-electron chi connectivity index (χ4n) is 2.70. The van der Waals surface area contributed by atoms with Crippen molar-refractivity contribution < 1.29 is 24.5 Å². The van der Waals surface area contributed by atoms with E-state index in [2.05, 4.69) is 8.75 Å². The Bertz CT molecular complexity index is 936. The molecule has 3 rings (SSSR count). The van der Waals surface area contributed by atoms with Gasteiger partial charge in [-0.15, -0.1) is 0 Å². The maximum Gasteiger partial charge on any atom is 0.335 e. The Balaban J connectivity index is 2.14. The maximum absolute atomic E-state index is 11.9. The van der Waals surface area contributed by atoms with Crippen molar-refractivity contribution in [2.45, 2.75) is 12.3 Å². The van der Waals surface area contributed by atoms with Crippen LogP contribution in [-0.4, -0.2) is 38.0 Å². The Kier molecular flexibility index (Phi) is 4.62. The number of aromatic carboxylic acids is 1. The lowest BCUT2D eigenvalue weighted by molar-refractivity contribution is -0.140. The normalized spacial score (nSPS) is 12.0. The second-order valence-electron chi connectivity index (χ2n) is 5.39. The number of aromatic hydroxyl groups is 1. The fourth-order valence-corrected chi connectivity index (χ4v) is 3.25.